The van der Waals surface area contributed by atoms with E-state index in [-0.39, 0.29) is 5.56 Å². The van der Waals surface area contributed by atoms with E-state index in [1.54, 1.807) is 0 Å². The number of nitrogens with one attached hydrogen (secondary N) is 1. The lowest BCUT2D eigenvalue weighted by Gasteiger charge is -2.06. The number of halogens is 1. The normalized spacial score (nSPS) is 15.2. The second kappa shape index (κ2) is 3.46. The van der Waals surface area contributed by atoms with Gasteiger partial charge in [0.05, 0.1) is 5.02 Å². The third-order valence-electron chi connectivity index (χ3n) is 2.00. The number of pyridine rings is 1. The first-order valence-electron chi connectivity index (χ1n) is 4.32. The maximum atomic E-state index is 10.8. The van der Waals surface area contributed by atoms with E-state index < -0.39 is 5.97 Å². The fraction of sp³-hybridized carbons (Fsp3) is 0.333. The number of hydrogen-bond donors (Lipinski definition) is 2. The van der Waals surface area contributed by atoms with Crippen LogP contribution in [-0.4, -0.2) is 22.1 Å². The van der Waals surface area contributed by atoms with Gasteiger partial charge in [-0.3, -0.25) is 0 Å². The summed E-state index contributed by atoms with van der Waals surface area (Å²) < 4.78 is 0. The van der Waals surface area contributed by atoms with Crippen LogP contribution in [-0.2, 0) is 0 Å². The zero-order valence-corrected chi connectivity index (χ0v) is 8.08. The van der Waals surface area contributed by atoms with Crippen LogP contribution in [0.2, 0.25) is 5.02 Å². The van der Waals surface area contributed by atoms with Crippen LogP contribution in [0.5, 0.6) is 0 Å². The van der Waals surface area contributed by atoms with E-state index in [4.69, 9.17) is 16.7 Å². The lowest BCUT2D eigenvalue weighted by atomic mass is 10.2. The van der Waals surface area contributed by atoms with Crippen molar-refractivity contribution in [3.05, 3.63) is 22.8 Å². The number of carboxylic acids is 1. The summed E-state index contributed by atoms with van der Waals surface area (Å²) in [4.78, 5) is 14.8. The number of hydrogen-bond acceptors (Lipinski definition) is 3. The number of aromatic carboxylic acids is 1. The molecule has 0 amide bonds. The van der Waals surface area contributed by atoms with Crippen LogP contribution in [0.4, 0.5) is 5.82 Å². The molecule has 1 aromatic rings. The number of nitrogens with zero attached hydrogens (tertiary/aromatic N) is 1. The monoisotopic (exact) mass is 212 g/mol. The molecule has 74 valence electrons. The fourth-order valence-corrected chi connectivity index (χ4v) is 1.30. The smallest absolute Gasteiger partial charge is 0.339 e. The molecule has 0 saturated heterocycles. The predicted octanol–water partition coefficient (Wildman–Crippen LogP) is 2.01. The van der Waals surface area contributed by atoms with Gasteiger partial charge in [-0.2, -0.15) is 0 Å². The van der Waals surface area contributed by atoms with Gasteiger partial charge < -0.3 is 10.4 Å². The minimum Gasteiger partial charge on any atom is -0.478 e. The zero-order valence-electron chi connectivity index (χ0n) is 7.33. The van der Waals surface area contributed by atoms with Gasteiger partial charge >= 0.3 is 5.97 Å². The average Bonchev–Trinajstić information content (AvgIpc) is 2.91. The fourth-order valence-electron chi connectivity index (χ4n) is 1.14. The summed E-state index contributed by atoms with van der Waals surface area (Å²) in [5.41, 5.74) is 0.129. The van der Waals surface area contributed by atoms with Gasteiger partial charge in [0.15, 0.2) is 0 Å². The summed E-state index contributed by atoms with van der Waals surface area (Å²) in [5.74, 6) is -0.604. The van der Waals surface area contributed by atoms with Gasteiger partial charge in [-0.1, -0.05) is 11.6 Å². The minimum atomic E-state index is -1.01. The van der Waals surface area contributed by atoms with Crippen LogP contribution in [0, 0.1) is 0 Å². The summed E-state index contributed by atoms with van der Waals surface area (Å²) in [6, 6.07) is 1.78. The van der Waals surface area contributed by atoms with E-state index in [1.807, 2.05) is 0 Å². The zero-order chi connectivity index (χ0) is 10.1. The lowest BCUT2D eigenvalue weighted by Crippen LogP contribution is -2.09. The van der Waals surface area contributed by atoms with Gasteiger partial charge in [0.2, 0.25) is 0 Å². The number of carboxylic acid groups (broad SMARTS) is 1. The first kappa shape index (κ1) is 9.27. The van der Waals surface area contributed by atoms with Gasteiger partial charge in [0.1, 0.15) is 11.4 Å². The van der Waals surface area contributed by atoms with E-state index in [1.165, 1.54) is 12.3 Å². The van der Waals surface area contributed by atoms with Crippen LogP contribution in [0.15, 0.2) is 12.3 Å². The molecule has 1 aromatic heterocycles. The van der Waals surface area contributed by atoms with Gasteiger partial charge in [0.25, 0.3) is 0 Å². The van der Waals surface area contributed by atoms with Crippen LogP contribution in [0.1, 0.15) is 23.2 Å². The molecular weight excluding hydrogens is 204 g/mol. The van der Waals surface area contributed by atoms with Crippen molar-refractivity contribution >= 4 is 23.4 Å². The summed E-state index contributed by atoms with van der Waals surface area (Å²) >= 11 is 5.66. The Kier molecular flexibility index (Phi) is 2.29. The van der Waals surface area contributed by atoms with E-state index in [9.17, 15) is 4.79 Å². The molecule has 0 aromatic carbocycles. The molecule has 1 aliphatic rings. The molecule has 1 aliphatic carbocycles. The van der Waals surface area contributed by atoms with Crippen molar-refractivity contribution < 1.29 is 9.90 Å². The van der Waals surface area contributed by atoms with Crippen molar-refractivity contribution in [3.63, 3.8) is 0 Å². The Morgan fingerprint density at radius 3 is 2.93 bits per heavy atom. The van der Waals surface area contributed by atoms with Crippen LogP contribution in [0.25, 0.3) is 0 Å². The highest BCUT2D eigenvalue weighted by Gasteiger charge is 2.23. The first-order chi connectivity index (χ1) is 6.66. The SMILES string of the molecule is O=C(O)c1cc(Cl)cnc1NC1CC1. The van der Waals surface area contributed by atoms with E-state index in [2.05, 4.69) is 10.3 Å². The molecule has 14 heavy (non-hydrogen) atoms. The minimum absolute atomic E-state index is 0.129. The highest BCUT2D eigenvalue weighted by molar-refractivity contribution is 6.30. The van der Waals surface area contributed by atoms with Crippen molar-refractivity contribution in [2.45, 2.75) is 18.9 Å². The highest BCUT2D eigenvalue weighted by atomic mass is 35.5. The summed E-state index contributed by atoms with van der Waals surface area (Å²) in [6.07, 6.45) is 3.59. The highest BCUT2D eigenvalue weighted by Crippen LogP contribution is 2.26. The van der Waals surface area contributed by atoms with Crippen molar-refractivity contribution in [1.82, 2.24) is 4.98 Å². The van der Waals surface area contributed by atoms with E-state index >= 15 is 0 Å². The quantitative estimate of drug-likeness (QED) is 0.805. The van der Waals surface area contributed by atoms with Gasteiger partial charge in [-0.15, -0.1) is 0 Å². The third-order valence-corrected chi connectivity index (χ3v) is 2.21. The summed E-state index contributed by atoms with van der Waals surface area (Å²) in [5, 5.41) is 12.3. The average molecular weight is 213 g/mol. The topological polar surface area (TPSA) is 62.2 Å². The molecule has 2 N–H and O–H groups in total. The van der Waals surface area contributed by atoms with Crippen molar-refractivity contribution in [1.29, 1.82) is 0 Å². The molecule has 5 heteroatoms. The summed E-state index contributed by atoms with van der Waals surface area (Å²) in [7, 11) is 0. The summed E-state index contributed by atoms with van der Waals surface area (Å²) in [6.45, 7) is 0. The molecular formula is C9H9ClN2O2. The van der Waals surface area contributed by atoms with Gasteiger partial charge in [0, 0.05) is 12.2 Å². The Bertz CT molecular complexity index is 377. The largest absolute Gasteiger partial charge is 0.478 e. The third kappa shape index (κ3) is 1.96. The second-order valence-corrected chi connectivity index (χ2v) is 3.71. The molecule has 1 heterocycles. The molecule has 0 spiro atoms. The van der Waals surface area contributed by atoms with Crippen molar-refractivity contribution in [3.8, 4) is 0 Å². The molecule has 0 bridgehead atoms. The maximum Gasteiger partial charge on any atom is 0.339 e. The Morgan fingerprint density at radius 2 is 2.36 bits per heavy atom. The molecule has 0 atom stereocenters. The Balaban J connectivity index is 2.31. The van der Waals surface area contributed by atoms with Crippen molar-refractivity contribution in [2.75, 3.05) is 5.32 Å². The molecule has 1 saturated carbocycles. The molecule has 4 nitrogen and oxygen atoms in total. The maximum absolute atomic E-state index is 10.8. The van der Waals surface area contributed by atoms with Crippen LogP contribution in [0.3, 0.4) is 0 Å². The van der Waals surface area contributed by atoms with Crippen molar-refractivity contribution in [2.24, 2.45) is 0 Å². The van der Waals surface area contributed by atoms with Crippen LogP contribution < -0.4 is 5.32 Å². The number of rotatable bonds is 3. The number of carbonyl (C=O) groups is 1. The van der Waals surface area contributed by atoms with Gasteiger partial charge in [-0.25, -0.2) is 9.78 Å². The Hall–Kier alpha value is -1.29. The predicted molar refractivity (Wildman–Crippen MR) is 52.9 cm³/mol. The van der Waals surface area contributed by atoms with Crippen LogP contribution >= 0.6 is 11.6 Å². The second-order valence-electron chi connectivity index (χ2n) is 3.27. The van der Waals surface area contributed by atoms with Gasteiger partial charge in [-0.05, 0) is 18.9 Å². The van der Waals surface area contributed by atoms with E-state index in [0.717, 1.165) is 12.8 Å². The molecule has 2 rings (SSSR count). The standard InChI is InChI=1S/C9H9ClN2O2/c10-5-3-7(9(13)14)8(11-4-5)12-6-1-2-6/h3-4,6H,1-2H2,(H,11,12)(H,13,14). The molecule has 1 fully saturated rings. The van der Waals surface area contributed by atoms with E-state index in [0.29, 0.717) is 16.9 Å². The number of aromatic nitrogens is 1. The molecule has 0 radical (unpaired) electrons. The lowest BCUT2D eigenvalue weighted by molar-refractivity contribution is 0.0697. The Labute approximate surface area is 85.9 Å². The first-order valence-corrected chi connectivity index (χ1v) is 4.70. The molecule has 0 aliphatic heterocycles. The number of anilines is 1. The Morgan fingerprint density at radius 1 is 1.64 bits per heavy atom. The molecule has 0 unspecified atom stereocenters.